The first-order chi connectivity index (χ1) is 10.7. The van der Waals surface area contributed by atoms with Gasteiger partial charge in [-0.15, -0.1) is 0 Å². The predicted octanol–water partition coefficient (Wildman–Crippen LogP) is 2.02. The summed E-state index contributed by atoms with van der Waals surface area (Å²) in [4.78, 5) is 26.3. The second-order valence-corrected chi connectivity index (χ2v) is 7.40. The quantitative estimate of drug-likeness (QED) is 0.894. The van der Waals surface area contributed by atoms with E-state index in [2.05, 4.69) is 15.7 Å². The van der Waals surface area contributed by atoms with Crippen molar-refractivity contribution in [3.8, 4) is 0 Å². The van der Waals surface area contributed by atoms with Crippen molar-refractivity contribution in [1.29, 1.82) is 0 Å². The lowest BCUT2D eigenvalue weighted by molar-refractivity contribution is -0.128. The molecule has 7 heteroatoms. The Balaban J connectivity index is 2.08. The Labute approximate surface area is 137 Å². The highest BCUT2D eigenvalue weighted by molar-refractivity contribution is 5.94. The number of amides is 3. The zero-order valence-corrected chi connectivity index (χ0v) is 14.6. The number of carbonyl (C=O) groups excluding carboxylic acids is 2. The van der Waals surface area contributed by atoms with Gasteiger partial charge in [0.2, 0.25) is 5.91 Å². The molecular formula is C16H27N5O2. The summed E-state index contributed by atoms with van der Waals surface area (Å²) in [6, 6.07) is -0.666. The number of nitrogens with one attached hydrogen (secondary N) is 2. The molecule has 2 N–H and O–H groups in total. The molecule has 1 saturated heterocycles. The van der Waals surface area contributed by atoms with Crippen LogP contribution in [0, 0.1) is 5.92 Å². The second kappa shape index (κ2) is 6.60. The number of hydrogen-bond acceptors (Lipinski definition) is 3. The molecule has 0 radical (unpaired) electrons. The Morgan fingerprint density at radius 1 is 1.48 bits per heavy atom. The summed E-state index contributed by atoms with van der Waals surface area (Å²) in [7, 11) is 0. The van der Waals surface area contributed by atoms with Crippen LogP contribution in [0.4, 0.5) is 10.5 Å². The average Bonchev–Trinajstić information content (AvgIpc) is 2.89. The zero-order chi connectivity index (χ0) is 17.2. The van der Waals surface area contributed by atoms with Crippen molar-refractivity contribution in [1.82, 2.24) is 20.0 Å². The van der Waals surface area contributed by atoms with Crippen molar-refractivity contribution in [2.24, 2.45) is 5.92 Å². The predicted molar refractivity (Wildman–Crippen MR) is 89.2 cm³/mol. The minimum atomic E-state index is -0.415. The Bertz CT molecular complexity index is 573. The summed E-state index contributed by atoms with van der Waals surface area (Å²) in [6.07, 6.45) is 4.09. The lowest BCUT2D eigenvalue weighted by Crippen LogP contribution is -2.58. The summed E-state index contributed by atoms with van der Waals surface area (Å²) in [5.41, 5.74) is 0.493. The Kier molecular flexibility index (Phi) is 4.97. The third-order valence-corrected chi connectivity index (χ3v) is 3.81. The fourth-order valence-corrected chi connectivity index (χ4v) is 2.59. The Morgan fingerprint density at radius 3 is 2.74 bits per heavy atom. The summed E-state index contributed by atoms with van der Waals surface area (Å²) >= 11 is 0. The van der Waals surface area contributed by atoms with Crippen LogP contribution in [0.15, 0.2) is 12.4 Å². The van der Waals surface area contributed by atoms with E-state index in [4.69, 9.17) is 0 Å². The molecule has 2 rings (SSSR count). The number of aromatic nitrogens is 2. The van der Waals surface area contributed by atoms with Gasteiger partial charge in [0.1, 0.15) is 6.04 Å². The van der Waals surface area contributed by atoms with E-state index in [1.807, 2.05) is 34.6 Å². The molecular weight excluding hydrogens is 294 g/mol. The first kappa shape index (κ1) is 17.3. The molecule has 0 spiro atoms. The van der Waals surface area contributed by atoms with Gasteiger partial charge in [-0.3, -0.25) is 9.48 Å². The van der Waals surface area contributed by atoms with Gasteiger partial charge in [0.05, 0.1) is 17.4 Å². The van der Waals surface area contributed by atoms with E-state index in [0.29, 0.717) is 31.1 Å². The fraction of sp³-hybridized carbons (Fsp3) is 0.688. The highest BCUT2D eigenvalue weighted by Gasteiger charge is 2.33. The molecule has 23 heavy (non-hydrogen) atoms. The molecule has 2 heterocycles. The molecule has 0 aromatic carbocycles. The number of hydrogen-bond donors (Lipinski definition) is 2. The fourth-order valence-electron chi connectivity index (χ4n) is 2.59. The lowest BCUT2D eigenvalue weighted by atomic mass is 10.0. The maximum absolute atomic E-state index is 12.6. The zero-order valence-electron chi connectivity index (χ0n) is 14.6. The molecule has 1 fully saturated rings. The van der Waals surface area contributed by atoms with Crippen LogP contribution in [0.5, 0.6) is 0 Å². The van der Waals surface area contributed by atoms with E-state index < -0.39 is 6.04 Å². The normalized spacial score (nSPS) is 19.0. The number of nitrogens with zero attached hydrogens (tertiary/aromatic N) is 3. The lowest BCUT2D eigenvalue weighted by Gasteiger charge is -2.35. The van der Waals surface area contributed by atoms with Gasteiger partial charge < -0.3 is 15.5 Å². The summed E-state index contributed by atoms with van der Waals surface area (Å²) in [5, 5.41) is 9.96. The standard InChI is InChI=1S/C16H27N5O2/c1-11(2)8-13-14(22)17-6-7-20(13)15(23)19-12-9-18-21(10-12)16(3,4)5/h9-11,13H,6-8H2,1-5H3,(H,17,22)(H,19,23). The molecule has 128 valence electrons. The van der Waals surface area contributed by atoms with E-state index in [0.717, 1.165) is 0 Å². The van der Waals surface area contributed by atoms with Crippen LogP contribution in [0.25, 0.3) is 0 Å². The molecule has 1 aliphatic rings. The van der Waals surface area contributed by atoms with Crippen molar-refractivity contribution in [2.45, 2.75) is 52.6 Å². The van der Waals surface area contributed by atoms with Gasteiger partial charge in [-0.1, -0.05) is 13.8 Å². The molecule has 7 nitrogen and oxygen atoms in total. The SMILES string of the molecule is CC(C)CC1C(=O)NCCN1C(=O)Nc1cnn(C(C)(C)C)c1. The third kappa shape index (κ3) is 4.24. The van der Waals surface area contributed by atoms with Gasteiger partial charge in [0.15, 0.2) is 0 Å². The van der Waals surface area contributed by atoms with Crippen LogP contribution in [0.3, 0.4) is 0 Å². The van der Waals surface area contributed by atoms with Crippen LogP contribution >= 0.6 is 0 Å². The first-order valence-electron chi connectivity index (χ1n) is 8.09. The molecule has 1 aliphatic heterocycles. The maximum Gasteiger partial charge on any atom is 0.322 e. The van der Waals surface area contributed by atoms with Crippen LogP contribution < -0.4 is 10.6 Å². The van der Waals surface area contributed by atoms with Gasteiger partial charge in [-0.05, 0) is 33.1 Å². The molecule has 0 bridgehead atoms. The van der Waals surface area contributed by atoms with Gasteiger partial charge in [0.25, 0.3) is 0 Å². The highest BCUT2D eigenvalue weighted by atomic mass is 16.2. The molecule has 1 unspecified atom stereocenters. The van der Waals surface area contributed by atoms with E-state index in [1.165, 1.54) is 0 Å². The van der Waals surface area contributed by atoms with Crippen LogP contribution in [0.1, 0.15) is 41.0 Å². The number of piperazine rings is 1. The monoisotopic (exact) mass is 321 g/mol. The smallest absolute Gasteiger partial charge is 0.322 e. The summed E-state index contributed by atoms with van der Waals surface area (Å²) in [6.45, 7) is 11.2. The first-order valence-corrected chi connectivity index (χ1v) is 8.09. The molecule has 0 saturated carbocycles. The Morgan fingerprint density at radius 2 is 2.17 bits per heavy atom. The minimum Gasteiger partial charge on any atom is -0.353 e. The van der Waals surface area contributed by atoms with Crippen molar-refractivity contribution < 1.29 is 9.59 Å². The van der Waals surface area contributed by atoms with Crippen molar-refractivity contribution in [3.63, 3.8) is 0 Å². The summed E-state index contributed by atoms with van der Waals surface area (Å²) < 4.78 is 1.80. The van der Waals surface area contributed by atoms with Gasteiger partial charge in [-0.2, -0.15) is 5.10 Å². The molecule has 1 aromatic rings. The van der Waals surface area contributed by atoms with Crippen molar-refractivity contribution in [3.05, 3.63) is 12.4 Å². The molecule has 0 aliphatic carbocycles. The highest BCUT2D eigenvalue weighted by Crippen LogP contribution is 2.18. The largest absolute Gasteiger partial charge is 0.353 e. The van der Waals surface area contributed by atoms with E-state index >= 15 is 0 Å². The third-order valence-electron chi connectivity index (χ3n) is 3.81. The van der Waals surface area contributed by atoms with Crippen LogP contribution in [0.2, 0.25) is 0 Å². The number of rotatable bonds is 3. The van der Waals surface area contributed by atoms with Crippen LogP contribution in [-0.2, 0) is 10.3 Å². The maximum atomic E-state index is 12.6. The molecule has 1 atom stereocenters. The van der Waals surface area contributed by atoms with Gasteiger partial charge in [0, 0.05) is 19.3 Å². The van der Waals surface area contributed by atoms with Gasteiger partial charge in [-0.25, -0.2) is 4.79 Å². The van der Waals surface area contributed by atoms with Crippen LogP contribution in [-0.4, -0.2) is 45.8 Å². The van der Waals surface area contributed by atoms with E-state index in [9.17, 15) is 9.59 Å². The van der Waals surface area contributed by atoms with E-state index in [-0.39, 0.29) is 17.5 Å². The number of urea groups is 1. The topological polar surface area (TPSA) is 79.3 Å². The molecule has 3 amide bonds. The van der Waals surface area contributed by atoms with E-state index in [1.54, 1.807) is 22.0 Å². The number of carbonyl (C=O) groups is 2. The van der Waals surface area contributed by atoms with Gasteiger partial charge >= 0.3 is 6.03 Å². The average molecular weight is 321 g/mol. The second-order valence-electron chi connectivity index (χ2n) is 7.40. The molecule has 1 aromatic heterocycles. The minimum absolute atomic E-state index is 0.0783. The number of anilines is 1. The van der Waals surface area contributed by atoms with Crippen molar-refractivity contribution >= 4 is 17.6 Å². The van der Waals surface area contributed by atoms with Crippen molar-refractivity contribution in [2.75, 3.05) is 18.4 Å². The summed E-state index contributed by atoms with van der Waals surface area (Å²) in [5.74, 6) is 0.258. The Hall–Kier alpha value is -2.05.